The minimum atomic E-state index is -1.07. The van der Waals surface area contributed by atoms with Crippen molar-refractivity contribution in [3.63, 3.8) is 0 Å². The molecule has 1 unspecified atom stereocenters. The fourth-order valence-corrected chi connectivity index (χ4v) is 3.66. The van der Waals surface area contributed by atoms with Gasteiger partial charge in [-0.15, -0.1) is 10.1 Å². The van der Waals surface area contributed by atoms with Crippen molar-refractivity contribution in [1.82, 2.24) is 5.32 Å². The summed E-state index contributed by atoms with van der Waals surface area (Å²) in [4.78, 5) is 50.7. The summed E-state index contributed by atoms with van der Waals surface area (Å²) < 4.78 is 5.37. The number of carbonyl (C=O) groups is 3. The molecule has 2 N–H and O–H groups in total. The van der Waals surface area contributed by atoms with Crippen LogP contribution in [0.4, 0.5) is 0 Å². The maximum absolute atomic E-state index is 12.6. The van der Waals surface area contributed by atoms with Crippen molar-refractivity contribution in [1.29, 1.82) is 0 Å². The Morgan fingerprint density at radius 3 is 2.22 bits per heavy atom. The third kappa shape index (κ3) is 11.1. The standard InChI is InChI=1S/C27H34N2O8/c1-19(26(33)36-17-27(2,3)18-37-29(34)35)15-23(28-24(30)13-14-25(31)32)16-20-9-11-22(12-10-20)21-7-5-4-6-8-21/h4-12,19,23H,13-18H2,1-3H3,(H,28,30)(H,31,32)/t19?,23-/m0/s1. The molecule has 2 aromatic carbocycles. The number of ether oxygens (including phenoxy) is 1. The van der Waals surface area contributed by atoms with Crippen LogP contribution in [0.3, 0.4) is 0 Å². The van der Waals surface area contributed by atoms with Crippen molar-refractivity contribution < 1.29 is 34.2 Å². The zero-order valence-corrected chi connectivity index (χ0v) is 21.3. The SMILES string of the molecule is CC(C[C@@H](Cc1ccc(-c2ccccc2)cc1)NC(=O)CCC(=O)O)C(=O)OCC(C)(C)CO[N+](=O)[O-]. The first kappa shape index (κ1) is 29.3. The van der Waals surface area contributed by atoms with E-state index in [1.807, 2.05) is 54.6 Å². The van der Waals surface area contributed by atoms with E-state index in [0.29, 0.717) is 6.42 Å². The zero-order valence-electron chi connectivity index (χ0n) is 21.3. The number of benzene rings is 2. The predicted molar refractivity (Wildman–Crippen MR) is 136 cm³/mol. The van der Waals surface area contributed by atoms with Crippen LogP contribution in [-0.4, -0.2) is 47.3 Å². The summed E-state index contributed by atoms with van der Waals surface area (Å²) in [7, 11) is 0. The van der Waals surface area contributed by atoms with Crippen LogP contribution in [0.25, 0.3) is 11.1 Å². The monoisotopic (exact) mass is 514 g/mol. The van der Waals surface area contributed by atoms with E-state index in [1.165, 1.54) is 0 Å². The first-order valence-corrected chi connectivity index (χ1v) is 12.0. The van der Waals surface area contributed by atoms with Gasteiger partial charge in [0.1, 0.15) is 6.61 Å². The molecular weight excluding hydrogens is 480 g/mol. The van der Waals surface area contributed by atoms with Gasteiger partial charge in [-0.1, -0.05) is 75.4 Å². The van der Waals surface area contributed by atoms with Crippen LogP contribution in [0.2, 0.25) is 0 Å². The van der Waals surface area contributed by atoms with E-state index in [1.54, 1.807) is 20.8 Å². The normalized spacial score (nSPS) is 12.7. The third-order valence-corrected chi connectivity index (χ3v) is 5.68. The van der Waals surface area contributed by atoms with Gasteiger partial charge in [-0.3, -0.25) is 14.4 Å². The van der Waals surface area contributed by atoms with Crippen LogP contribution < -0.4 is 5.32 Å². The molecule has 200 valence electrons. The van der Waals surface area contributed by atoms with Gasteiger partial charge in [-0.25, -0.2) is 0 Å². The minimum absolute atomic E-state index is 0.0689. The van der Waals surface area contributed by atoms with Crippen molar-refractivity contribution in [2.24, 2.45) is 11.3 Å². The molecule has 0 aromatic heterocycles. The molecule has 0 bridgehead atoms. The Labute approximate surface area is 216 Å². The molecular formula is C27H34N2O8. The lowest BCUT2D eigenvalue weighted by Crippen LogP contribution is -2.39. The molecule has 10 heteroatoms. The number of hydrogen-bond acceptors (Lipinski definition) is 7. The molecule has 0 fully saturated rings. The van der Waals surface area contributed by atoms with Crippen molar-refractivity contribution in [3.8, 4) is 11.1 Å². The van der Waals surface area contributed by atoms with E-state index in [0.717, 1.165) is 16.7 Å². The average Bonchev–Trinajstić information content (AvgIpc) is 2.86. The average molecular weight is 515 g/mol. The number of esters is 1. The van der Waals surface area contributed by atoms with Gasteiger partial charge >= 0.3 is 11.9 Å². The highest BCUT2D eigenvalue weighted by molar-refractivity contribution is 5.81. The van der Waals surface area contributed by atoms with Gasteiger partial charge in [0, 0.05) is 17.9 Å². The molecule has 0 aliphatic carbocycles. The van der Waals surface area contributed by atoms with Gasteiger partial charge in [-0.2, -0.15) is 0 Å². The molecule has 2 rings (SSSR count). The number of carboxylic acids is 1. The molecule has 0 spiro atoms. The van der Waals surface area contributed by atoms with Crippen LogP contribution in [0.15, 0.2) is 54.6 Å². The maximum atomic E-state index is 12.6. The van der Waals surface area contributed by atoms with E-state index < -0.39 is 40.3 Å². The Morgan fingerprint density at radius 2 is 1.62 bits per heavy atom. The van der Waals surface area contributed by atoms with Gasteiger partial charge in [0.2, 0.25) is 5.91 Å². The number of rotatable bonds is 15. The van der Waals surface area contributed by atoms with Crippen LogP contribution in [0, 0.1) is 21.4 Å². The van der Waals surface area contributed by atoms with Crippen molar-refractivity contribution >= 4 is 17.8 Å². The van der Waals surface area contributed by atoms with E-state index in [-0.39, 0.29) is 32.5 Å². The van der Waals surface area contributed by atoms with Crippen LogP contribution in [0.1, 0.15) is 45.6 Å². The lowest BCUT2D eigenvalue weighted by Gasteiger charge is -2.25. The summed E-state index contributed by atoms with van der Waals surface area (Å²) in [5.41, 5.74) is 2.32. The largest absolute Gasteiger partial charge is 0.481 e. The highest BCUT2D eigenvalue weighted by Crippen LogP contribution is 2.22. The summed E-state index contributed by atoms with van der Waals surface area (Å²) in [6, 6.07) is 17.4. The quantitative estimate of drug-likeness (QED) is 0.206. The number of amides is 1. The first-order chi connectivity index (χ1) is 17.4. The molecule has 2 aromatic rings. The highest BCUT2D eigenvalue weighted by Gasteiger charge is 2.26. The Balaban J connectivity index is 2.04. The van der Waals surface area contributed by atoms with Gasteiger partial charge < -0.3 is 20.0 Å². The lowest BCUT2D eigenvalue weighted by atomic mass is 9.94. The number of aliphatic carboxylic acids is 1. The number of carboxylic acid groups (broad SMARTS) is 1. The number of carbonyl (C=O) groups excluding carboxylic acids is 2. The van der Waals surface area contributed by atoms with E-state index in [2.05, 4.69) is 10.2 Å². The van der Waals surface area contributed by atoms with Crippen molar-refractivity contribution in [2.45, 2.75) is 52.5 Å². The topological polar surface area (TPSA) is 145 Å². The Morgan fingerprint density at radius 1 is 1.00 bits per heavy atom. The van der Waals surface area contributed by atoms with E-state index in [9.17, 15) is 24.5 Å². The smallest absolute Gasteiger partial charge is 0.308 e. The second-order valence-electron chi connectivity index (χ2n) is 9.83. The third-order valence-electron chi connectivity index (χ3n) is 5.68. The van der Waals surface area contributed by atoms with Crippen LogP contribution in [-0.2, 0) is 30.4 Å². The molecule has 1 amide bonds. The fraction of sp³-hybridized carbons (Fsp3) is 0.444. The van der Waals surface area contributed by atoms with Gasteiger partial charge in [0.25, 0.3) is 5.09 Å². The summed E-state index contributed by atoms with van der Waals surface area (Å²) >= 11 is 0. The number of nitrogens with zero attached hydrogens (tertiary/aromatic N) is 1. The summed E-state index contributed by atoms with van der Waals surface area (Å²) in [5, 5.41) is 21.3. The minimum Gasteiger partial charge on any atom is -0.481 e. The van der Waals surface area contributed by atoms with E-state index >= 15 is 0 Å². The summed E-state index contributed by atoms with van der Waals surface area (Å²) in [5.74, 6) is -2.56. The van der Waals surface area contributed by atoms with Crippen LogP contribution in [0.5, 0.6) is 0 Å². The molecule has 0 saturated heterocycles. The second kappa shape index (κ2) is 14.0. The lowest BCUT2D eigenvalue weighted by molar-refractivity contribution is -0.760. The predicted octanol–water partition coefficient (Wildman–Crippen LogP) is 4.05. The Kier molecular flexibility index (Phi) is 11.0. The van der Waals surface area contributed by atoms with Crippen molar-refractivity contribution in [2.75, 3.05) is 13.2 Å². The molecule has 0 radical (unpaired) electrons. The molecule has 0 aliphatic rings. The molecule has 0 aliphatic heterocycles. The van der Waals surface area contributed by atoms with E-state index in [4.69, 9.17) is 9.84 Å². The molecule has 0 saturated carbocycles. The molecule has 10 nitrogen and oxygen atoms in total. The summed E-state index contributed by atoms with van der Waals surface area (Å²) in [6.07, 6.45) is 0.253. The highest BCUT2D eigenvalue weighted by atomic mass is 16.9. The first-order valence-electron chi connectivity index (χ1n) is 12.0. The molecule has 37 heavy (non-hydrogen) atoms. The maximum Gasteiger partial charge on any atom is 0.308 e. The second-order valence-corrected chi connectivity index (χ2v) is 9.83. The van der Waals surface area contributed by atoms with Gasteiger partial charge in [0.15, 0.2) is 0 Å². The van der Waals surface area contributed by atoms with Crippen LogP contribution >= 0.6 is 0 Å². The van der Waals surface area contributed by atoms with Gasteiger partial charge in [0.05, 0.1) is 18.9 Å². The zero-order chi connectivity index (χ0) is 27.4. The fourth-order valence-electron chi connectivity index (χ4n) is 3.66. The Hall–Kier alpha value is -3.95. The molecule has 2 atom stereocenters. The Bertz CT molecular complexity index is 1050. The summed E-state index contributed by atoms with van der Waals surface area (Å²) in [6.45, 7) is 4.75. The molecule has 0 heterocycles. The van der Waals surface area contributed by atoms with Crippen molar-refractivity contribution in [3.05, 3.63) is 70.3 Å². The van der Waals surface area contributed by atoms with Gasteiger partial charge in [-0.05, 0) is 29.5 Å². The number of hydrogen-bond donors (Lipinski definition) is 2. The number of nitrogens with one attached hydrogen (secondary N) is 1.